The highest BCUT2D eigenvalue weighted by molar-refractivity contribution is 6.05. The maximum absolute atomic E-state index is 4.84. The lowest BCUT2D eigenvalue weighted by Crippen LogP contribution is -2.14. The fourth-order valence-corrected chi connectivity index (χ4v) is 3.30. The van der Waals surface area contributed by atoms with Gasteiger partial charge < -0.3 is 0 Å². The molecule has 0 atom stereocenters. The van der Waals surface area contributed by atoms with Crippen molar-refractivity contribution in [1.82, 2.24) is 9.97 Å². The van der Waals surface area contributed by atoms with E-state index in [-0.39, 0.29) is 10.8 Å². The maximum atomic E-state index is 4.84. The second-order valence-corrected chi connectivity index (χ2v) is 8.53. The topological polar surface area (TPSA) is 25.8 Å². The molecule has 2 nitrogen and oxygen atoms in total. The van der Waals surface area contributed by atoms with Crippen LogP contribution in [0.1, 0.15) is 58.4 Å². The van der Waals surface area contributed by atoms with E-state index in [0.29, 0.717) is 0 Å². The molecule has 0 aliphatic carbocycles. The highest BCUT2D eigenvalue weighted by Gasteiger charge is 2.22. The highest BCUT2D eigenvalue weighted by atomic mass is 14.7. The van der Waals surface area contributed by atoms with E-state index in [4.69, 9.17) is 4.98 Å². The normalized spacial score (nSPS) is 13.0. The van der Waals surface area contributed by atoms with Crippen molar-refractivity contribution < 1.29 is 0 Å². The Morgan fingerprint density at radius 2 is 1.30 bits per heavy atom. The molecule has 0 saturated heterocycles. The zero-order valence-electron chi connectivity index (χ0n) is 15.3. The van der Waals surface area contributed by atoms with Gasteiger partial charge in [0.1, 0.15) is 0 Å². The first-order valence-electron chi connectivity index (χ1n) is 8.29. The van der Waals surface area contributed by atoms with Gasteiger partial charge in [0.2, 0.25) is 0 Å². The lowest BCUT2D eigenvalue weighted by molar-refractivity contribution is 0.594. The van der Waals surface area contributed by atoms with E-state index in [2.05, 4.69) is 77.7 Å². The van der Waals surface area contributed by atoms with Crippen molar-refractivity contribution in [3.63, 3.8) is 0 Å². The molecule has 1 aromatic carbocycles. The summed E-state index contributed by atoms with van der Waals surface area (Å²) in [4.78, 5) is 9.52. The minimum Gasteiger partial charge on any atom is -0.254 e. The van der Waals surface area contributed by atoms with Gasteiger partial charge in [-0.1, -0.05) is 53.7 Å². The number of fused-ring (bicyclic) bond motifs is 3. The van der Waals surface area contributed by atoms with E-state index in [9.17, 15) is 0 Å². The summed E-state index contributed by atoms with van der Waals surface area (Å²) in [5.74, 6) is 0. The lowest BCUT2D eigenvalue weighted by atomic mass is 9.82. The van der Waals surface area contributed by atoms with E-state index < -0.39 is 0 Å². The fourth-order valence-electron chi connectivity index (χ4n) is 3.30. The molecular weight excluding hydrogens is 280 g/mol. The summed E-state index contributed by atoms with van der Waals surface area (Å²) in [5, 5.41) is 2.43. The van der Waals surface area contributed by atoms with E-state index in [0.717, 1.165) is 16.7 Å². The first-order chi connectivity index (χ1) is 10.6. The summed E-state index contributed by atoms with van der Waals surface area (Å²) in [6.45, 7) is 15.6. The zero-order valence-corrected chi connectivity index (χ0v) is 15.3. The maximum Gasteiger partial charge on any atom is 0.0970 e. The van der Waals surface area contributed by atoms with Gasteiger partial charge in [-0.15, -0.1) is 0 Å². The van der Waals surface area contributed by atoms with Gasteiger partial charge >= 0.3 is 0 Å². The van der Waals surface area contributed by atoms with Crippen LogP contribution in [0.15, 0.2) is 30.5 Å². The largest absolute Gasteiger partial charge is 0.254 e. The third-order valence-electron chi connectivity index (χ3n) is 4.43. The molecule has 3 aromatic rings. The van der Waals surface area contributed by atoms with Gasteiger partial charge in [-0.25, -0.2) is 0 Å². The molecule has 0 N–H and O–H groups in total. The monoisotopic (exact) mass is 306 g/mol. The molecule has 2 heteroatoms. The molecule has 23 heavy (non-hydrogen) atoms. The van der Waals surface area contributed by atoms with Crippen molar-refractivity contribution in [2.45, 2.75) is 59.3 Å². The van der Waals surface area contributed by atoms with Crippen LogP contribution in [0.2, 0.25) is 0 Å². The van der Waals surface area contributed by atoms with Gasteiger partial charge in [0.25, 0.3) is 0 Å². The van der Waals surface area contributed by atoms with Crippen molar-refractivity contribution in [3.05, 3.63) is 47.3 Å². The van der Waals surface area contributed by atoms with Gasteiger partial charge in [-0.05, 0) is 41.0 Å². The lowest BCUT2D eigenvalue weighted by Gasteiger charge is -2.24. The average Bonchev–Trinajstić information content (AvgIpc) is 2.43. The molecule has 2 heterocycles. The third-order valence-corrected chi connectivity index (χ3v) is 4.43. The second kappa shape index (κ2) is 5.02. The molecule has 0 aliphatic heterocycles. The fraction of sp³-hybridized carbons (Fsp3) is 0.429. The average molecular weight is 306 g/mol. The van der Waals surface area contributed by atoms with E-state index in [1.165, 1.54) is 21.9 Å². The summed E-state index contributed by atoms with van der Waals surface area (Å²) in [7, 11) is 0. The van der Waals surface area contributed by atoms with Gasteiger partial charge in [-0.3, -0.25) is 9.97 Å². The quantitative estimate of drug-likeness (QED) is 0.499. The minimum atomic E-state index is 0.0846. The van der Waals surface area contributed by atoms with Crippen LogP contribution in [0.3, 0.4) is 0 Å². The second-order valence-electron chi connectivity index (χ2n) is 8.53. The van der Waals surface area contributed by atoms with Crippen molar-refractivity contribution in [1.29, 1.82) is 0 Å². The summed E-state index contributed by atoms with van der Waals surface area (Å²) in [6, 6.07) is 8.79. The molecule has 0 unspecified atom stereocenters. The molecule has 0 spiro atoms. The van der Waals surface area contributed by atoms with Crippen LogP contribution in [-0.4, -0.2) is 9.97 Å². The standard InChI is InChI=1S/C21H26N2/c1-13-12-17(21(5,6)7)15-9-8-14-16(20(2,3)4)10-11-22-18(14)19(15)23-13/h8-12H,1-7H3. The van der Waals surface area contributed by atoms with Crippen LogP contribution in [0.25, 0.3) is 21.8 Å². The Kier molecular flexibility index (Phi) is 3.47. The van der Waals surface area contributed by atoms with Crippen LogP contribution >= 0.6 is 0 Å². The SMILES string of the molecule is Cc1cc(C(C)(C)C)c2ccc3c(C(C)(C)C)ccnc3c2n1. The smallest absolute Gasteiger partial charge is 0.0970 e. The first kappa shape index (κ1) is 15.9. The molecule has 120 valence electrons. The number of nitrogens with zero attached hydrogens (tertiary/aromatic N) is 2. The number of benzene rings is 1. The number of hydrogen-bond donors (Lipinski definition) is 0. The molecule has 0 radical (unpaired) electrons. The summed E-state index contributed by atoms with van der Waals surface area (Å²) < 4.78 is 0. The van der Waals surface area contributed by atoms with E-state index in [1.54, 1.807) is 0 Å². The van der Waals surface area contributed by atoms with Crippen LogP contribution in [0.4, 0.5) is 0 Å². The van der Waals surface area contributed by atoms with Crippen LogP contribution in [0.5, 0.6) is 0 Å². The number of rotatable bonds is 0. The molecule has 0 amide bonds. The van der Waals surface area contributed by atoms with Crippen LogP contribution in [0, 0.1) is 6.92 Å². The van der Waals surface area contributed by atoms with Crippen molar-refractivity contribution in [2.24, 2.45) is 0 Å². The van der Waals surface area contributed by atoms with Gasteiger partial charge in [0.05, 0.1) is 11.0 Å². The molecule has 0 saturated carbocycles. The molecule has 0 bridgehead atoms. The van der Waals surface area contributed by atoms with E-state index in [1.807, 2.05) is 6.20 Å². The number of aromatic nitrogens is 2. The minimum absolute atomic E-state index is 0.0846. The first-order valence-corrected chi connectivity index (χ1v) is 8.29. The molecule has 0 aliphatic rings. The summed E-state index contributed by atoms with van der Waals surface area (Å²) in [5.41, 5.74) is 5.93. The molecular formula is C21H26N2. The van der Waals surface area contributed by atoms with E-state index >= 15 is 0 Å². The predicted molar refractivity (Wildman–Crippen MR) is 99.2 cm³/mol. The molecule has 3 rings (SSSR count). The van der Waals surface area contributed by atoms with Crippen LogP contribution in [-0.2, 0) is 10.8 Å². The van der Waals surface area contributed by atoms with Gasteiger partial charge in [0, 0.05) is 22.7 Å². The Balaban J connectivity index is 2.48. The summed E-state index contributed by atoms with van der Waals surface area (Å²) in [6.07, 6.45) is 1.92. The van der Waals surface area contributed by atoms with Gasteiger partial charge in [-0.2, -0.15) is 0 Å². The van der Waals surface area contributed by atoms with Crippen LogP contribution < -0.4 is 0 Å². The predicted octanol–water partition coefficient (Wildman–Crippen LogP) is 5.69. The van der Waals surface area contributed by atoms with Crippen molar-refractivity contribution in [2.75, 3.05) is 0 Å². The Hall–Kier alpha value is -1.96. The van der Waals surface area contributed by atoms with Gasteiger partial charge in [0.15, 0.2) is 0 Å². The Bertz CT molecular complexity index is 893. The molecule has 0 fully saturated rings. The number of aryl methyl sites for hydroxylation is 1. The van der Waals surface area contributed by atoms with Crippen molar-refractivity contribution >= 4 is 21.8 Å². The molecule has 2 aromatic heterocycles. The third kappa shape index (κ3) is 2.71. The number of hydrogen-bond acceptors (Lipinski definition) is 2. The zero-order chi connectivity index (χ0) is 17.0. The number of pyridine rings is 2. The summed E-state index contributed by atoms with van der Waals surface area (Å²) >= 11 is 0. The Labute approximate surface area is 139 Å². The highest BCUT2D eigenvalue weighted by Crippen LogP contribution is 2.36. The Morgan fingerprint density at radius 3 is 1.87 bits per heavy atom. The van der Waals surface area contributed by atoms with Crippen molar-refractivity contribution in [3.8, 4) is 0 Å². The Morgan fingerprint density at radius 1 is 0.739 bits per heavy atom.